The van der Waals surface area contributed by atoms with E-state index in [-0.39, 0.29) is 30.8 Å². The molecule has 2 rings (SSSR count). The molecule has 1 fully saturated rings. The molecule has 0 aliphatic carbocycles. The zero-order valence-electron chi connectivity index (χ0n) is 14.7. The topological polar surface area (TPSA) is 91.4 Å². The highest BCUT2D eigenvalue weighted by molar-refractivity contribution is 5.92. The summed E-state index contributed by atoms with van der Waals surface area (Å²) in [5.74, 6) is -0.368. The van der Waals surface area contributed by atoms with Crippen molar-refractivity contribution in [2.24, 2.45) is 0 Å². The van der Waals surface area contributed by atoms with E-state index in [0.717, 1.165) is 37.7 Å². The van der Waals surface area contributed by atoms with Crippen molar-refractivity contribution in [3.05, 3.63) is 29.6 Å². The number of aryl methyl sites for hydroxylation is 1. The summed E-state index contributed by atoms with van der Waals surface area (Å²) in [4.78, 5) is 40.7. The van der Waals surface area contributed by atoms with E-state index in [0.29, 0.717) is 18.8 Å². The van der Waals surface area contributed by atoms with Gasteiger partial charge in [0.05, 0.1) is 13.1 Å². The molecule has 0 bridgehead atoms. The number of amides is 3. The Hall–Kier alpha value is -2.44. The molecule has 0 atom stereocenters. The number of aromatic nitrogens is 1. The molecule has 0 radical (unpaired) electrons. The van der Waals surface area contributed by atoms with Crippen LogP contribution in [-0.2, 0) is 16.0 Å². The third kappa shape index (κ3) is 6.17. The van der Waals surface area contributed by atoms with Gasteiger partial charge in [-0.25, -0.2) is 0 Å². The minimum absolute atomic E-state index is 0.0593. The van der Waals surface area contributed by atoms with Crippen molar-refractivity contribution in [3.63, 3.8) is 0 Å². The van der Waals surface area contributed by atoms with Crippen LogP contribution in [0.3, 0.4) is 0 Å². The minimum Gasteiger partial charge on any atom is -0.351 e. The summed E-state index contributed by atoms with van der Waals surface area (Å²) in [5.41, 5.74) is 1.57. The molecule has 136 valence electrons. The van der Waals surface area contributed by atoms with Gasteiger partial charge in [0.1, 0.15) is 5.69 Å². The second-order valence-corrected chi connectivity index (χ2v) is 6.21. The van der Waals surface area contributed by atoms with Crippen LogP contribution in [0.1, 0.15) is 48.7 Å². The van der Waals surface area contributed by atoms with Crippen molar-refractivity contribution in [3.8, 4) is 0 Å². The fraction of sp³-hybridized carbons (Fsp3) is 0.556. The van der Waals surface area contributed by atoms with Gasteiger partial charge in [-0.15, -0.1) is 0 Å². The maximum absolute atomic E-state index is 12.0. The van der Waals surface area contributed by atoms with Crippen LogP contribution in [0, 0.1) is 0 Å². The first-order valence-corrected chi connectivity index (χ1v) is 8.87. The Morgan fingerprint density at radius 1 is 1.28 bits per heavy atom. The normalized spacial score (nSPS) is 14.4. The average molecular weight is 346 g/mol. The SMILES string of the molecule is CCCCc1ccc(C(=O)NCCCCN2CC(=O)NCC2=O)nc1. The van der Waals surface area contributed by atoms with Crippen molar-refractivity contribution >= 4 is 17.7 Å². The van der Waals surface area contributed by atoms with Gasteiger partial charge in [0.15, 0.2) is 0 Å². The van der Waals surface area contributed by atoms with Crippen molar-refractivity contribution in [2.45, 2.75) is 39.0 Å². The second kappa shape index (κ2) is 9.76. The molecule has 0 spiro atoms. The number of hydrogen-bond donors (Lipinski definition) is 2. The van der Waals surface area contributed by atoms with Crippen LogP contribution >= 0.6 is 0 Å². The highest BCUT2D eigenvalue weighted by Gasteiger charge is 2.22. The zero-order chi connectivity index (χ0) is 18.1. The first-order chi connectivity index (χ1) is 12.1. The van der Waals surface area contributed by atoms with Crippen LogP contribution in [0.15, 0.2) is 18.3 Å². The van der Waals surface area contributed by atoms with Crippen LogP contribution in [0.25, 0.3) is 0 Å². The van der Waals surface area contributed by atoms with Crippen LogP contribution < -0.4 is 10.6 Å². The third-order valence-electron chi connectivity index (χ3n) is 4.14. The van der Waals surface area contributed by atoms with Crippen LogP contribution in [0.5, 0.6) is 0 Å². The van der Waals surface area contributed by atoms with Crippen molar-refractivity contribution in [2.75, 3.05) is 26.2 Å². The molecule has 3 amide bonds. The Morgan fingerprint density at radius 2 is 2.12 bits per heavy atom. The number of hydrogen-bond acceptors (Lipinski definition) is 4. The predicted octanol–water partition coefficient (Wildman–Crippen LogP) is 0.893. The lowest BCUT2D eigenvalue weighted by Gasteiger charge is -2.26. The molecule has 2 N–H and O–H groups in total. The second-order valence-electron chi connectivity index (χ2n) is 6.21. The number of rotatable bonds is 9. The molecule has 7 nitrogen and oxygen atoms in total. The predicted molar refractivity (Wildman–Crippen MR) is 94.0 cm³/mol. The smallest absolute Gasteiger partial charge is 0.269 e. The van der Waals surface area contributed by atoms with E-state index in [2.05, 4.69) is 22.5 Å². The molecule has 1 aliphatic rings. The standard InChI is InChI=1S/C18H26N4O3/c1-2-3-6-14-7-8-15(20-11-14)18(25)19-9-4-5-10-22-13-16(23)21-12-17(22)24/h7-8,11H,2-6,9-10,12-13H2,1H3,(H,19,25)(H,21,23). The van der Waals surface area contributed by atoms with Gasteiger partial charge in [-0.2, -0.15) is 0 Å². The van der Waals surface area contributed by atoms with Gasteiger partial charge < -0.3 is 15.5 Å². The average Bonchev–Trinajstić information content (AvgIpc) is 2.62. The van der Waals surface area contributed by atoms with Crippen molar-refractivity contribution in [1.29, 1.82) is 0 Å². The lowest BCUT2D eigenvalue weighted by atomic mass is 10.1. The summed E-state index contributed by atoms with van der Waals surface area (Å²) >= 11 is 0. The minimum atomic E-state index is -0.185. The monoisotopic (exact) mass is 346 g/mol. The van der Waals surface area contributed by atoms with Crippen LogP contribution in [-0.4, -0.2) is 53.8 Å². The maximum Gasteiger partial charge on any atom is 0.269 e. The van der Waals surface area contributed by atoms with E-state index in [1.807, 2.05) is 6.07 Å². The number of carbonyl (C=O) groups is 3. The van der Waals surface area contributed by atoms with Crippen LogP contribution in [0.2, 0.25) is 0 Å². The zero-order valence-corrected chi connectivity index (χ0v) is 14.7. The van der Waals surface area contributed by atoms with Crippen molar-refractivity contribution < 1.29 is 14.4 Å². The van der Waals surface area contributed by atoms with E-state index in [4.69, 9.17) is 0 Å². The molecule has 25 heavy (non-hydrogen) atoms. The molecule has 0 unspecified atom stereocenters. The number of pyridine rings is 1. The number of piperazine rings is 1. The number of unbranched alkanes of at least 4 members (excludes halogenated alkanes) is 2. The number of nitrogens with zero attached hydrogens (tertiary/aromatic N) is 2. The molecule has 1 saturated heterocycles. The molecule has 0 aromatic carbocycles. The molecule has 2 heterocycles. The maximum atomic E-state index is 12.0. The van der Waals surface area contributed by atoms with E-state index < -0.39 is 0 Å². The molecular weight excluding hydrogens is 320 g/mol. The first kappa shape index (κ1) is 18.9. The molecular formula is C18H26N4O3. The van der Waals surface area contributed by atoms with Gasteiger partial charge >= 0.3 is 0 Å². The first-order valence-electron chi connectivity index (χ1n) is 8.87. The van der Waals surface area contributed by atoms with E-state index in [1.54, 1.807) is 17.2 Å². The fourth-order valence-corrected chi connectivity index (χ4v) is 2.61. The molecule has 1 aromatic heterocycles. The highest BCUT2D eigenvalue weighted by atomic mass is 16.2. The van der Waals surface area contributed by atoms with Gasteiger partial charge in [-0.1, -0.05) is 19.4 Å². The fourth-order valence-electron chi connectivity index (χ4n) is 2.61. The Morgan fingerprint density at radius 3 is 2.84 bits per heavy atom. The van der Waals surface area contributed by atoms with Gasteiger partial charge in [-0.05, 0) is 37.3 Å². The molecule has 0 saturated carbocycles. The Labute approximate surface area is 148 Å². The summed E-state index contributed by atoms with van der Waals surface area (Å²) in [6.45, 7) is 3.40. The highest BCUT2D eigenvalue weighted by Crippen LogP contribution is 2.05. The Kier molecular flexibility index (Phi) is 7.37. The van der Waals surface area contributed by atoms with Gasteiger partial charge in [-0.3, -0.25) is 19.4 Å². The summed E-state index contributed by atoms with van der Waals surface area (Å²) in [5, 5.41) is 5.35. The summed E-state index contributed by atoms with van der Waals surface area (Å²) < 4.78 is 0. The summed E-state index contributed by atoms with van der Waals surface area (Å²) in [7, 11) is 0. The van der Waals surface area contributed by atoms with Gasteiger partial charge in [0.25, 0.3) is 5.91 Å². The summed E-state index contributed by atoms with van der Waals surface area (Å²) in [6, 6.07) is 3.70. The quantitative estimate of drug-likeness (QED) is 0.650. The van der Waals surface area contributed by atoms with Crippen molar-refractivity contribution in [1.82, 2.24) is 20.5 Å². The van der Waals surface area contributed by atoms with Crippen LogP contribution in [0.4, 0.5) is 0 Å². The summed E-state index contributed by atoms with van der Waals surface area (Å²) in [6.07, 6.45) is 6.48. The van der Waals surface area contributed by atoms with E-state index >= 15 is 0 Å². The molecule has 1 aromatic rings. The Balaban J connectivity index is 1.65. The van der Waals surface area contributed by atoms with Gasteiger partial charge in [0, 0.05) is 19.3 Å². The van der Waals surface area contributed by atoms with Gasteiger partial charge in [0.2, 0.25) is 11.8 Å². The van der Waals surface area contributed by atoms with E-state index in [9.17, 15) is 14.4 Å². The number of carbonyl (C=O) groups excluding carboxylic acids is 3. The Bertz CT molecular complexity index is 601. The number of nitrogens with one attached hydrogen (secondary N) is 2. The molecule has 1 aliphatic heterocycles. The largest absolute Gasteiger partial charge is 0.351 e. The lowest BCUT2D eigenvalue weighted by Crippen LogP contribution is -2.51. The van der Waals surface area contributed by atoms with E-state index in [1.165, 1.54) is 0 Å². The third-order valence-corrected chi connectivity index (χ3v) is 4.14. The lowest BCUT2D eigenvalue weighted by molar-refractivity contribution is -0.140. The molecule has 7 heteroatoms.